The van der Waals surface area contributed by atoms with Crippen molar-refractivity contribution in [2.75, 3.05) is 26.0 Å². The molecule has 0 radical (unpaired) electrons. The van der Waals surface area contributed by atoms with Crippen LogP contribution in [0.4, 0.5) is 5.69 Å². The van der Waals surface area contributed by atoms with Gasteiger partial charge in [0.1, 0.15) is 5.75 Å². The molecule has 1 aliphatic rings. The molecule has 6 nitrogen and oxygen atoms in total. The second-order valence-electron chi connectivity index (χ2n) is 7.57. The summed E-state index contributed by atoms with van der Waals surface area (Å²) in [5.41, 5.74) is 2.11. The Morgan fingerprint density at radius 2 is 1.86 bits per heavy atom. The number of amides is 2. The number of benzene rings is 2. The van der Waals surface area contributed by atoms with E-state index in [-0.39, 0.29) is 24.4 Å². The van der Waals surface area contributed by atoms with Crippen molar-refractivity contribution in [3.63, 3.8) is 0 Å². The molecule has 29 heavy (non-hydrogen) atoms. The molecule has 3 rings (SSSR count). The van der Waals surface area contributed by atoms with Gasteiger partial charge < -0.3 is 15.4 Å². The first kappa shape index (κ1) is 20.9. The van der Waals surface area contributed by atoms with Crippen molar-refractivity contribution < 1.29 is 14.3 Å². The molecule has 154 valence electrons. The molecule has 0 aromatic heterocycles. The van der Waals surface area contributed by atoms with Crippen LogP contribution in [0.2, 0.25) is 0 Å². The Hall–Kier alpha value is -2.86. The molecular formula is C23H29N3O3. The first-order valence-corrected chi connectivity index (χ1v) is 10.1. The van der Waals surface area contributed by atoms with Crippen molar-refractivity contribution in [1.82, 2.24) is 10.2 Å². The number of nitrogens with zero attached hydrogens (tertiary/aromatic N) is 1. The molecule has 0 spiro atoms. The second-order valence-corrected chi connectivity index (χ2v) is 7.57. The molecule has 2 aromatic carbocycles. The molecule has 0 aliphatic heterocycles. The van der Waals surface area contributed by atoms with Gasteiger partial charge in [-0.1, -0.05) is 37.1 Å². The third-order valence-electron chi connectivity index (χ3n) is 5.14. The van der Waals surface area contributed by atoms with Gasteiger partial charge in [0.2, 0.25) is 5.91 Å². The molecule has 1 saturated carbocycles. The minimum atomic E-state index is -0.156. The first-order chi connectivity index (χ1) is 14.0. The topological polar surface area (TPSA) is 70.7 Å². The van der Waals surface area contributed by atoms with Crippen LogP contribution in [-0.2, 0) is 11.3 Å². The predicted molar refractivity (Wildman–Crippen MR) is 114 cm³/mol. The van der Waals surface area contributed by atoms with E-state index in [1.165, 1.54) is 0 Å². The maximum absolute atomic E-state index is 12.6. The van der Waals surface area contributed by atoms with Gasteiger partial charge in [0.05, 0.1) is 24.9 Å². The maximum Gasteiger partial charge on any atom is 0.253 e. The summed E-state index contributed by atoms with van der Waals surface area (Å²) in [6.45, 7) is 0.838. The zero-order valence-corrected chi connectivity index (χ0v) is 17.1. The first-order valence-electron chi connectivity index (χ1n) is 10.1. The number of ether oxygens (including phenoxy) is 1. The number of anilines is 1. The Morgan fingerprint density at radius 1 is 1.10 bits per heavy atom. The van der Waals surface area contributed by atoms with Crippen LogP contribution in [0, 0.1) is 0 Å². The van der Waals surface area contributed by atoms with Gasteiger partial charge in [-0.25, -0.2) is 0 Å². The molecule has 0 unspecified atom stereocenters. The van der Waals surface area contributed by atoms with Gasteiger partial charge in [0.25, 0.3) is 5.91 Å². The molecule has 2 aromatic rings. The van der Waals surface area contributed by atoms with E-state index < -0.39 is 0 Å². The molecule has 1 aliphatic carbocycles. The van der Waals surface area contributed by atoms with Crippen molar-refractivity contribution >= 4 is 17.5 Å². The summed E-state index contributed by atoms with van der Waals surface area (Å²) in [7, 11) is 3.52. The zero-order chi connectivity index (χ0) is 20.6. The Kier molecular flexibility index (Phi) is 7.25. The summed E-state index contributed by atoms with van der Waals surface area (Å²) < 4.78 is 5.24. The number of rotatable bonds is 8. The minimum Gasteiger partial charge on any atom is -0.497 e. The highest BCUT2D eigenvalue weighted by molar-refractivity contribution is 6.04. The molecule has 0 heterocycles. The Balaban J connectivity index is 1.57. The maximum atomic E-state index is 12.6. The molecular weight excluding hydrogens is 366 g/mol. The van der Waals surface area contributed by atoms with Gasteiger partial charge in [0, 0.05) is 12.6 Å². The van der Waals surface area contributed by atoms with Crippen molar-refractivity contribution in [1.29, 1.82) is 0 Å². The van der Waals surface area contributed by atoms with Crippen molar-refractivity contribution in [2.24, 2.45) is 0 Å². The largest absolute Gasteiger partial charge is 0.497 e. The van der Waals surface area contributed by atoms with Gasteiger partial charge >= 0.3 is 0 Å². The summed E-state index contributed by atoms with van der Waals surface area (Å²) in [4.78, 5) is 27.1. The lowest BCUT2D eigenvalue weighted by Gasteiger charge is -2.18. The van der Waals surface area contributed by atoms with Gasteiger partial charge in [-0.15, -0.1) is 0 Å². The van der Waals surface area contributed by atoms with E-state index in [1.807, 2.05) is 48.3 Å². The number of carbonyl (C=O) groups is 2. The van der Waals surface area contributed by atoms with E-state index in [9.17, 15) is 9.59 Å². The summed E-state index contributed by atoms with van der Waals surface area (Å²) in [5, 5.41) is 5.97. The van der Waals surface area contributed by atoms with Gasteiger partial charge in [-0.2, -0.15) is 0 Å². The second kappa shape index (κ2) is 10.1. The average Bonchev–Trinajstić information content (AvgIpc) is 3.21. The molecule has 0 saturated heterocycles. The van der Waals surface area contributed by atoms with Crippen LogP contribution >= 0.6 is 0 Å². The average molecular weight is 396 g/mol. The molecule has 2 N–H and O–H groups in total. The Labute approximate surface area is 172 Å². The monoisotopic (exact) mass is 395 g/mol. The van der Waals surface area contributed by atoms with E-state index in [0.29, 0.717) is 17.8 Å². The Bertz CT molecular complexity index is 847. The fourth-order valence-electron chi connectivity index (χ4n) is 3.70. The van der Waals surface area contributed by atoms with E-state index in [2.05, 4.69) is 10.6 Å². The number of nitrogens with one attached hydrogen (secondary N) is 2. The lowest BCUT2D eigenvalue weighted by molar-refractivity contribution is -0.117. The molecule has 0 bridgehead atoms. The fraction of sp³-hybridized carbons (Fsp3) is 0.391. The van der Waals surface area contributed by atoms with E-state index >= 15 is 0 Å². The quantitative estimate of drug-likeness (QED) is 0.718. The number of hydrogen-bond acceptors (Lipinski definition) is 4. The highest BCUT2D eigenvalue weighted by Gasteiger charge is 2.20. The van der Waals surface area contributed by atoms with Gasteiger partial charge in [0.15, 0.2) is 0 Å². The lowest BCUT2D eigenvalue weighted by Crippen LogP contribution is -2.34. The number of hydrogen-bond donors (Lipinski definition) is 2. The van der Waals surface area contributed by atoms with Crippen LogP contribution < -0.4 is 15.4 Å². The smallest absolute Gasteiger partial charge is 0.253 e. The number of likely N-dealkylation sites (N-methyl/N-ethyl adjacent to an activating group) is 1. The zero-order valence-electron chi connectivity index (χ0n) is 17.1. The summed E-state index contributed by atoms with van der Waals surface area (Å²) in [6, 6.07) is 15.2. The summed E-state index contributed by atoms with van der Waals surface area (Å²) in [5.74, 6) is 0.511. The minimum absolute atomic E-state index is 0.127. The van der Waals surface area contributed by atoms with Crippen molar-refractivity contribution in [2.45, 2.75) is 38.3 Å². The van der Waals surface area contributed by atoms with Crippen molar-refractivity contribution in [3.05, 3.63) is 59.7 Å². The van der Waals surface area contributed by atoms with Crippen LogP contribution in [0.3, 0.4) is 0 Å². The third kappa shape index (κ3) is 6.06. The SMILES string of the molecule is COc1cccc(CN(C)CC(=O)Nc2ccccc2C(=O)NC2CCCC2)c1. The van der Waals surface area contributed by atoms with E-state index in [1.54, 1.807) is 19.2 Å². The van der Waals surface area contributed by atoms with Gasteiger partial charge in [-0.05, 0) is 49.7 Å². The predicted octanol–water partition coefficient (Wildman–Crippen LogP) is 3.44. The van der Waals surface area contributed by atoms with Crippen LogP contribution in [0.25, 0.3) is 0 Å². The lowest BCUT2D eigenvalue weighted by atomic mass is 10.1. The highest BCUT2D eigenvalue weighted by Crippen LogP contribution is 2.20. The summed E-state index contributed by atoms with van der Waals surface area (Å²) >= 11 is 0. The van der Waals surface area contributed by atoms with Crippen LogP contribution in [0.1, 0.15) is 41.6 Å². The number of carbonyl (C=O) groups excluding carboxylic acids is 2. The van der Waals surface area contributed by atoms with Crippen LogP contribution in [-0.4, -0.2) is 43.5 Å². The molecule has 6 heteroatoms. The molecule has 1 fully saturated rings. The van der Waals surface area contributed by atoms with Gasteiger partial charge in [-0.3, -0.25) is 14.5 Å². The van der Waals surface area contributed by atoms with Crippen molar-refractivity contribution in [3.8, 4) is 5.75 Å². The summed E-state index contributed by atoms with van der Waals surface area (Å²) in [6.07, 6.45) is 4.36. The molecule has 0 atom stereocenters. The van der Waals surface area contributed by atoms with E-state index in [4.69, 9.17) is 4.74 Å². The van der Waals surface area contributed by atoms with E-state index in [0.717, 1.165) is 37.0 Å². The molecule has 2 amide bonds. The number of methoxy groups -OCH3 is 1. The normalized spacial score (nSPS) is 14.0. The van der Waals surface area contributed by atoms with Crippen LogP contribution in [0.15, 0.2) is 48.5 Å². The Morgan fingerprint density at radius 3 is 2.62 bits per heavy atom. The number of para-hydroxylation sites is 1. The van der Waals surface area contributed by atoms with Crippen LogP contribution in [0.5, 0.6) is 5.75 Å². The third-order valence-corrected chi connectivity index (χ3v) is 5.14. The standard InChI is InChI=1S/C23H29N3O3/c1-26(15-17-8-7-11-19(14-17)29-2)16-22(27)25-21-13-6-5-12-20(21)23(28)24-18-9-3-4-10-18/h5-8,11-14,18H,3-4,9-10,15-16H2,1-2H3,(H,24,28)(H,25,27). The highest BCUT2D eigenvalue weighted by atomic mass is 16.5. The fourth-order valence-corrected chi connectivity index (χ4v) is 3.70.